The quantitative estimate of drug-likeness (QED) is 0.828. The number of hydrogen-bond acceptors (Lipinski definition) is 2. The molecule has 0 spiro atoms. The van der Waals surface area contributed by atoms with Crippen molar-refractivity contribution in [3.05, 3.63) is 48.0 Å². The maximum Gasteiger partial charge on any atom is 0.134 e. The zero-order valence-electron chi connectivity index (χ0n) is 10.8. The summed E-state index contributed by atoms with van der Waals surface area (Å²) in [5.74, 6) is 3.94. The molecule has 1 N–H and O–H groups in total. The van der Waals surface area contributed by atoms with Crippen LogP contribution in [0.5, 0.6) is 0 Å². The molecule has 19 heavy (non-hydrogen) atoms. The summed E-state index contributed by atoms with van der Waals surface area (Å²) in [7, 11) is 0. The monoisotopic (exact) mass is 257 g/mol. The van der Waals surface area contributed by atoms with Crippen LogP contribution < -0.4 is 5.32 Å². The van der Waals surface area contributed by atoms with Crippen molar-refractivity contribution in [1.82, 2.24) is 5.32 Å². The van der Waals surface area contributed by atoms with Crippen LogP contribution in [0.4, 0.5) is 4.39 Å². The van der Waals surface area contributed by atoms with Crippen LogP contribution in [0.15, 0.2) is 40.8 Å². The van der Waals surface area contributed by atoms with Gasteiger partial charge in [0.2, 0.25) is 0 Å². The number of furan rings is 1. The fourth-order valence-electron chi connectivity index (χ4n) is 1.77. The van der Waals surface area contributed by atoms with Crippen LogP contribution >= 0.6 is 0 Å². The molecule has 1 aromatic heterocycles. The Morgan fingerprint density at radius 2 is 2.00 bits per heavy atom. The van der Waals surface area contributed by atoms with Crippen LogP contribution in [0.1, 0.15) is 19.1 Å². The first-order valence-electron chi connectivity index (χ1n) is 6.20. The molecule has 0 bridgehead atoms. The Bertz CT molecular complexity index is 565. The number of terminal acetylenes is 1. The van der Waals surface area contributed by atoms with E-state index in [1.165, 1.54) is 12.1 Å². The zero-order chi connectivity index (χ0) is 13.7. The van der Waals surface area contributed by atoms with Crippen molar-refractivity contribution in [3.63, 3.8) is 0 Å². The van der Waals surface area contributed by atoms with Gasteiger partial charge in [-0.2, -0.15) is 0 Å². The number of halogens is 1. The van der Waals surface area contributed by atoms with Crippen LogP contribution in [-0.2, 0) is 6.54 Å². The van der Waals surface area contributed by atoms with Crippen molar-refractivity contribution in [2.75, 3.05) is 0 Å². The molecule has 2 rings (SSSR count). The van der Waals surface area contributed by atoms with Gasteiger partial charge in [0, 0.05) is 18.0 Å². The SMILES string of the molecule is C#CCC(C)NCc1ccc(-c2ccc(F)cc2)o1. The molecule has 0 saturated heterocycles. The summed E-state index contributed by atoms with van der Waals surface area (Å²) in [5, 5.41) is 3.28. The van der Waals surface area contributed by atoms with Gasteiger partial charge in [0.05, 0.1) is 6.54 Å². The van der Waals surface area contributed by atoms with Gasteiger partial charge in [-0.25, -0.2) is 4.39 Å². The van der Waals surface area contributed by atoms with Gasteiger partial charge < -0.3 is 9.73 Å². The van der Waals surface area contributed by atoms with Crippen LogP contribution in [0.3, 0.4) is 0 Å². The predicted molar refractivity (Wildman–Crippen MR) is 73.9 cm³/mol. The summed E-state index contributed by atoms with van der Waals surface area (Å²) in [5.41, 5.74) is 0.865. The first-order chi connectivity index (χ1) is 9.19. The summed E-state index contributed by atoms with van der Waals surface area (Å²) >= 11 is 0. The van der Waals surface area contributed by atoms with E-state index in [-0.39, 0.29) is 11.9 Å². The maximum absolute atomic E-state index is 12.8. The van der Waals surface area contributed by atoms with Crippen molar-refractivity contribution in [3.8, 4) is 23.7 Å². The molecule has 0 radical (unpaired) electrons. The lowest BCUT2D eigenvalue weighted by molar-refractivity contribution is 0.465. The largest absolute Gasteiger partial charge is 0.460 e. The molecule has 2 aromatic rings. The third-order valence-corrected chi connectivity index (χ3v) is 2.84. The van der Waals surface area contributed by atoms with Crippen LogP contribution in [0.2, 0.25) is 0 Å². The summed E-state index contributed by atoms with van der Waals surface area (Å²) in [6.07, 6.45) is 5.93. The lowest BCUT2D eigenvalue weighted by Gasteiger charge is -2.08. The van der Waals surface area contributed by atoms with Gasteiger partial charge in [0.15, 0.2) is 0 Å². The number of rotatable bonds is 5. The van der Waals surface area contributed by atoms with E-state index in [0.29, 0.717) is 13.0 Å². The molecule has 1 unspecified atom stereocenters. The second kappa shape index (κ2) is 6.21. The van der Waals surface area contributed by atoms with E-state index in [2.05, 4.69) is 11.2 Å². The molecular formula is C16H16FNO. The Kier molecular flexibility index (Phi) is 4.38. The highest BCUT2D eigenvalue weighted by molar-refractivity contribution is 5.57. The Balaban J connectivity index is 1.99. The molecule has 0 aliphatic rings. The maximum atomic E-state index is 12.8. The molecule has 2 nitrogen and oxygen atoms in total. The zero-order valence-corrected chi connectivity index (χ0v) is 10.8. The number of benzene rings is 1. The van der Waals surface area contributed by atoms with Crippen LogP contribution in [0.25, 0.3) is 11.3 Å². The minimum Gasteiger partial charge on any atom is -0.460 e. The Morgan fingerprint density at radius 1 is 1.26 bits per heavy atom. The fourth-order valence-corrected chi connectivity index (χ4v) is 1.77. The highest BCUT2D eigenvalue weighted by Gasteiger charge is 2.06. The molecule has 0 aliphatic heterocycles. The normalized spacial score (nSPS) is 12.1. The van der Waals surface area contributed by atoms with Crippen molar-refractivity contribution in [2.24, 2.45) is 0 Å². The van der Waals surface area contributed by atoms with Gasteiger partial charge >= 0.3 is 0 Å². The van der Waals surface area contributed by atoms with Gasteiger partial charge in [-0.3, -0.25) is 0 Å². The third kappa shape index (κ3) is 3.70. The Hall–Kier alpha value is -2.05. The molecule has 1 aromatic carbocycles. The van der Waals surface area contributed by atoms with Crippen LogP contribution in [-0.4, -0.2) is 6.04 Å². The van der Waals surface area contributed by atoms with E-state index < -0.39 is 0 Å². The molecule has 1 atom stereocenters. The summed E-state index contributed by atoms with van der Waals surface area (Å²) in [6, 6.07) is 10.3. The van der Waals surface area contributed by atoms with Gasteiger partial charge in [-0.1, -0.05) is 0 Å². The summed E-state index contributed by atoms with van der Waals surface area (Å²) in [6.45, 7) is 2.66. The molecule has 98 valence electrons. The average Bonchev–Trinajstić information content (AvgIpc) is 2.86. The molecule has 0 fully saturated rings. The molecule has 0 saturated carbocycles. The van der Waals surface area contributed by atoms with Gasteiger partial charge in [-0.15, -0.1) is 12.3 Å². The van der Waals surface area contributed by atoms with E-state index in [4.69, 9.17) is 10.8 Å². The van der Waals surface area contributed by atoms with E-state index in [9.17, 15) is 4.39 Å². The van der Waals surface area contributed by atoms with Crippen LogP contribution in [0, 0.1) is 18.2 Å². The fraction of sp³-hybridized carbons (Fsp3) is 0.250. The number of hydrogen-bond donors (Lipinski definition) is 1. The minimum absolute atomic E-state index is 0.250. The van der Waals surface area contributed by atoms with E-state index in [0.717, 1.165) is 17.1 Å². The van der Waals surface area contributed by atoms with Crippen molar-refractivity contribution < 1.29 is 8.81 Å². The summed E-state index contributed by atoms with van der Waals surface area (Å²) < 4.78 is 18.5. The van der Waals surface area contributed by atoms with E-state index in [1.807, 2.05) is 19.1 Å². The molecule has 0 amide bonds. The second-order valence-corrected chi connectivity index (χ2v) is 4.46. The highest BCUT2D eigenvalue weighted by atomic mass is 19.1. The molecule has 3 heteroatoms. The smallest absolute Gasteiger partial charge is 0.134 e. The number of nitrogens with one attached hydrogen (secondary N) is 1. The standard InChI is InChI=1S/C16H16FNO/c1-3-4-12(2)18-11-15-9-10-16(19-15)13-5-7-14(17)8-6-13/h1,5-10,12,18H,4,11H2,2H3. The van der Waals surface area contributed by atoms with Gasteiger partial charge in [-0.05, 0) is 43.3 Å². The van der Waals surface area contributed by atoms with Crippen molar-refractivity contribution >= 4 is 0 Å². The lowest BCUT2D eigenvalue weighted by atomic mass is 10.2. The highest BCUT2D eigenvalue weighted by Crippen LogP contribution is 2.22. The van der Waals surface area contributed by atoms with Gasteiger partial charge in [0.1, 0.15) is 17.3 Å². The molecule has 0 aliphatic carbocycles. The first-order valence-corrected chi connectivity index (χ1v) is 6.20. The first kappa shape index (κ1) is 13.4. The van der Waals surface area contributed by atoms with E-state index in [1.54, 1.807) is 12.1 Å². The lowest BCUT2D eigenvalue weighted by Crippen LogP contribution is -2.24. The molecule has 1 heterocycles. The summed E-state index contributed by atoms with van der Waals surface area (Å²) in [4.78, 5) is 0. The topological polar surface area (TPSA) is 25.2 Å². The second-order valence-electron chi connectivity index (χ2n) is 4.46. The predicted octanol–water partition coefficient (Wildman–Crippen LogP) is 3.59. The van der Waals surface area contributed by atoms with E-state index >= 15 is 0 Å². The van der Waals surface area contributed by atoms with Crippen molar-refractivity contribution in [2.45, 2.75) is 25.9 Å². The van der Waals surface area contributed by atoms with Crippen molar-refractivity contribution in [1.29, 1.82) is 0 Å². The third-order valence-electron chi connectivity index (χ3n) is 2.84. The Morgan fingerprint density at radius 3 is 2.68 bits per heavy atom. The average molecular weight is 257 g/mol. The Labute approximate surface area is 112 Å². The minimum atomic E-state index is -0.250. The van der Waals surface area contributed by atoms with Gasteiger partial charge in [0.25, 0.3) is 0 Å². The molecular weight excluding hydrogens is 241 g/mol.